The van der Waals surface area contributed by atoms with Gasteiger partial charge in [-0.2, -0.15) is 14.7 Å². The zero-order valence-corrected chi connectivity index (χ0v) is 36.2. The van der Waals surface area contributed by atoms with E-state index in [1.807, 2.05) is 6.07 Å². The van der Waals surface area contributed by atoms with Crippen molar-refractivity contribution in [2.45, 2.75) is 157 Å². The van der Waals surface area contributed by atoms with E-state index in [1.165, 1.54) is 54.9 Å². The van der Waals surface area contributed by atoms with E-state index in [0.29, 0.717) is 23.7 Å². The first-order valence-corrected chi connectivity index (χ1v) is 22.7. The van der Waals surface area contributed by atoms with Crippen LogP contribution in [0.1, 0.15) is 190 Å². The van der Waals surface area contributed by atoms with Crippen LogP contribution in [0.15, 0.2) is 66.7 Å². The molecule has 0 radical (unpaired) electrons. The molecule has 0 aliphatic rings. The molecular weight excluding hydrogens is 680 g/mol. The molecule has 6 atom stereocenters. The number of rotatable bonds is 15. The lowest BCUT2D eigenvalue weighted by Gasteiger charge is -2.26. The molecular formula is C50H68O3P+. The summed E-state index contributed by atoms with van der Waals surface area (Å²) in [6.07, 6.45) is 6.14. The van der Waals surface area contributed by atoms with Crippen molar-refractivity contribution in [1.82, 2.24) is 0 Å². The van der Waals surface area contributed by atoms with Crippen LogP contribution in [0, 0.1) is 0 Å². The first-order valence-electron chi connectivity index (χ1n) is 21.1. The summed E-state index contributed by atoms with van der Waals surface area (Å²) >= 11 is 0. The Balaban J connectivity index is 1.99. The molecule has 0 fully saturated rings. The third-order valence-electron chi connectivity index (χ3n) is 13.2. The van der Waals surface area contributed by atoms with Crippen molar-refractivity contribution in [3.8, 4) is 22.3 Å². The fourth-order valence-electron chi connectivity index (χ4n) is 8.26. The van der Waals surface area contributed by atoms with Gasteiger partial charge in [0.15, 0.2) is 5.30 Å². The summed E-state index contributed by atoms with van der Waals surface area (Å²) in [6.45, 7) is 27.4. The molecule has 5 aromatic carbocycles. The van der Waals surface area contributed by atoms with Crippen LogP contribution in [0.2, 0.25) is 0 Å². The van der Waals surface area contributed by atoms with Crippen molar-refractivity contribution in [1.29, 1.82) is 0 Å². The molecule has 4 heteroatoms. The highest BCUT2D eigenvalue weighted by atomic mass is 31.2. The lowest BCUT2D eigenvalue weighted by Crippen LogP contribution is -2.15. The quantitative estimate of drug-likeness (QED) is 0.0935. The predicted octanol–water partition coefficient (Wildman–Crippen LogP) is 14.8. The fourth-order valence-corrected chi connectivity index (χ4v) is 9.09. The Kier molecular flexibility index (Phi) is 13.5. The average molecular weight is 748 g/mol. The van der Waals surface area contributed by atoms with Crippen LogP contribution in [0.4, 0.5) is 0 Å². The number of fused-ring (bicyclic) bond motifs is 2. The molecule has 5 aromatic rings. The molecule has 0 aliphatic heterocycles. The molecule has 290 valence electrons. The maximum absolute atomic E-state index is 11.3. The average Bonchev–Trinajstić information content (AvgIpc) is 3.19. The second-order valence-electron chi connectivity index (χ2n) is 16.7. The number of benzene rings is 5. The van der Waals surface area contributed by atoms with Gasteiger partial charge in [-0.3, -0.25) is 0 Å². The molecule has 0 heterocycles. The molecule has 3 nitrogen and oxygen atoms in total. The summed E-state index contributed by atoms with van der Waals surface area (Å²) in [6, 6.07) is 24.9. The van der Waals surface area contributed by atoms with Crippen molar-refractivity contribution >= 4 is 34.8 Å². The number of hydrogen-bond acceptors (Lipinski definition) is 3. The van der Waals surface area contributed by atoms with E-state index in [-0.39, 0.29) is 17.1 Å². The van der Waals surface area contributed by atoms with Crippen LogP contribution in [-0.2, 0) is 0 Å². The predicted molar refractivity (Wildman–Crippen MR) is 238 cm³/mol. The summed E-state index contributed by atoms with van der Waals surface area (Å²) in [5, 5.41) is 5.18. The molecule has 54 heavy (non-hydrogen) atoms. The van der Waals surface area contributed by atoms with Gasteiger partial charge < -0.3 is 0 Å². The third-order valence-corrected chi connectivity index (χ3v) is 14.2. The van der Waals surface area contributed by atoms with Gasteiger partial charge in [0.05, 0.1) is 0 Å². The van der Waals surface area contributed by atoms with Crippen LogP contribution in [-0.4, -0.2) is 14.7 Å². The standard InChI is InChI=1S/C50H68O3P/c1-13-30(7)36-22-38-26-43(34(11)17-5)47(28-45(38)41(24-36)32(9)15-3)40-20-19-21-49(54(51,52)53)50(40)48-29-46-39(27-44(48)35(12)18-6)23-37(31(8)14-2)25-42(46)33(10)16-4/h19-35,51-53H,13-18H2,1-12H3/q+1. The summed E-state index contributed by atoms with van der Waals surface area (Å²) in [7, 11) is -4.44. The Hall–Kier alpha value is -3.07. The lowest BCUT2D eigenvalue weighted by molar-refractivity contribution is 0.347. The van der Waals surface area contributed by atoms with Crippen molar-refractivity contribution < 1.29 is 14.7 Å². The lowest BCUT2D eigenvalue weighted by atomic mass is 9.79. The molecule has 0 spiro atoms. The third kappa shape index (κ3) is 8.22. The molecule has 0 saturated carbocycles. The van der Waals surface area contributed by atoms with Crippen LogP contribution in [0.3, 0.4) is 0 Å². The molecule has 0 saturated heterocycles. The van der Waals surface area contributed by atoms with Crippen LogP contribution < -0.4 is 5.30 Å². The van der Waals surface area contributed by atoms with Crippen molar-refractivity contribution in [2.24, 2.45) is 0 Å². The minimum Gasteiger partial charge on any atom is -0.189 e. The van der Waals surface area contributed by atoms with E-state index in [9.17, 15) is 14.7 Å². The monoisotopic (exact) mass is 747 g/mol. The fraction of sp³-hybridized carbons (Fsp3) is 0.480. The molecule has 0 aliphatic carbocycles. The second-order valence-corrected chi connectivity index (χ2v) is 18.3. The first-order chi connectivity index (χ1) is 25.6. The normalized spacial score (nSPS) is 15.7. The van der Waals surface area contributed by atoms with E-state index in [4.69, 9.17) is 0 Å². The van der Waals surface area contributed by atoms with Crippen LogP contribution >= 0.6 is 7.94 Å². The molecule has 5 rings (SSSR count). The summed E-state index contributed by atoms with van der Waals surface area (Å²) in [5.74, 6) is 2.12. The Morgan fingerprint density at radius 1 is 0.426 bits per heavy atom. The Morgan fingerprint density at radius 3 is 1.22 bits per heavy atom. The maximum atomic E-state index is 11.3. The topological polar surface area (TPSA) is 60.7 Å². The van der Waals surface area contributed by atoms with Gasteiger partial charge >= 0.3 is 7.94 Å². The summed E-state index contributed by atoms with van der Waals surface area (Å²) in [4.78, 5) is 33.8. The highest BCUT2D eigenvalue weighted by Gasteiger charge is 2.40. The van der Waals surface area contributed by atoms with Gasteiger partial charge in [-0.05, 0) is 164 Å². The molecule has 6 unspecified atom stereocenters. The zero-order valence-electron chi connectivity index (χ0n) is 35.3. The van der Waals surface area contributed by atoms with E-state index in [1.54, 1.807) is 6.07 Å². The molecule has 0 bridgehead atoms. The van der Waals surface area contributed by atoms with Gasteiger partial charge in [0, 0.05) is 5.56 Å². The van der Waals surface area contributed by atoms with Crippen molar-refractivity contribution in [3.05, 3.63) is 100 Å². The van der Waals surface area contributed by atoms with E-state index >= 15 is 0 Å². The van der Waals surface area contributed by atoms with E-state index < -0.39 is 7.94 Å². The highest BCUT2D eigenvalue weighted by Crippen LogP contribution is 2.52. The van der Waals surface area contributed by atoms with Crippen molar-refractivity contribution in [3.63, 3.8) is 0 Å². The van der Waals surface area contributed by atoms with Gasteiger partial charge in [0.25, 0.3) is 0 Å². The van der Waals surface area contributed by atoms with Gasteiger partial charge in [0.1, 0.15) is 0 Å². The van der Waals surface area contributed by atoms with Gasteiger partial charge in [-0.1, -0.05) is 132 Å². The molecule has 0 aromatic heterocycles. The van der Waals surface area contributed by atoms with E-state index in [2.05, 4.69) is 138 Å². The smallest absolute Gasteiger partial charge is 0.189 e. The number of hydrogen-bond donors (Lipinski definition) is 3. The summed E-state index contributed by atoms with van der Waals surface area (Å²) < 4.78 is 0. The second kappa shape index (κ2) is 17.4. The molecule has 3 N–H and O–H groups in total. The Labute approximate surface area is 327 Å². The van der Waals surface area contributed by atoms with Gasteiger partial charge in [-0.15, -0.1) is 0 Å². The first kappa shape index (κ1) is 42.1. The molecule has 0 amide bonds. The zero-order chi connectivity index (χ0) is 39.6. The SMILES string of the molecule is CCC(C)c1cc(C(C)CC)c2cc(-c3cccc([P+](O)(O)O)c3-c3cc4c(C(C)CC)cc(C(C)CC)cc4cc3C(C)CC)c(C(C)CC)cc2c1. The minimum absolute atomic E-state index is 0.204. The highest BCUT2D eigenvalue weighted by molar-refractivity contribution is 7.67. The van der Waals surface area contributed by atoms with Crippen LogP contribution in [0.5, 0.6) is 0 Å². The van der Waals surface area contributed by atoms with Crippen molar-refractivity contribution in [2.75, 3.05) is 0 Å². The van der Waals surface area contributed by atoms with E-state index in [0.717, 1.165) is 60.8 Å². The van der Waals surface area contributed by atoms with Gasteiger partial charge in [0.2, 0.25) is 0 Å². The Bertz CT molecular complexity index is 2090. The Morgan fingerprint density at radius 2 is 0.815 bits per heavy atom. The largest absolute Gasteiger partial charge is 0.441 e. The minimum atomic E-state index is -4.44. The van der Waals surface area contributed by atoms with Crippen LogP contribution in [0.25, 0.3) is 43.8 Å². The maximum Gasteiger partial charge on any atom is 0.441 e. The summed E-state index contributed by atoms with van der Waals surface area (Å²) in [5.41, 5.74) is 11.7. The van der Waals surface area contributed by atoms with Gasteiger partial charge in [-0.25, -0.2) is 0 Å².